The van der Waals surface area contributed by atoms with Crippen LogP contribution in [0.4, 0.5) is 0 Å². The first-order chi connectivity index (χ1) is 7.15. The van der Waals surface area contributed by atoms with Gasteiger partial charge in [0, 0.05) is 10.0 Å². The number of ether oxygens (including phenoxy) is 1. The molecule has 0 saturated heterocycles. The largest absolute Gasteiger partial charge is 0.496 e. The second-order valence-electron chi connectivity index (χ2n) is 4.02. The van der Waals surface area contributed by atoms with Crippen LogP contribution >= 0.6 is 27.5 Å². The van der Waals surface area contributed by atoms with Crippen molar-refractivity contribution in [2.75, 3.05) is 7.11 Å². The van der Waals surface area contributed by atoms with Crippen LogP contribution < -0.4 is 4.74 Å². The van der Waals surface area contributed by atoms with Gasteiger partial charge >= 0.3 is 0 Å². The maximum absolute atomic E-state index is 6.36. The van der Waals surface area contributed by atoms with Gasteiger partial charge in [0.15, 0.2) is 0 Å². The Labute approximate surface area is 104 Å². The van der Waals surface area contributed by atoms with Crippen LogP contribution in [-0.2, 0) is 0 Å². The Hall–Kier alpha value is -0.210. The van der Waals surface area contributed by atoms with Crippen molar-refractivity contribution in [1.29, 1.82) is 0 Å². The van der Waals surface area contributed by atoms with Crippen LogP contribution in [0.2, 0.25) is 0 Å². The molecule has 0 N–H and O–H groups in total. The second kappa shape index (κ2) is 4.34. The van der Waals surface area contributed by atoms with Crippen LogP contribution in [0.25, 0.3) is 0 Å². The van der Waals surface area contributed by atoms with Crippen molar-refractivity contribution in [2.24, 2.45) is 0 Å². The summed E-state index contributed by atoms with van der Waals surface area (Å²) < 4.78 is 6.51. The van der Waals surface area contributed by atoms with Gasteiger partial charge in [-0.3, -0.25) is 0 Å². The van der Waals surface area contributed by atoms with Gasteiger partial charge in [0.05, 0.1) is 12.5 Å². The van der Waals surface area contributed by atoms with Crippen molar-refractivity contribution in [2.45, 2.75) is 31.1 Å². The lowest BCUT2D eigenvalue weighted by molar-refractivity contribution is 0.399. The first-order valence-electron chi connectivity index (χ1n) is 5.15. The van der Waals surface area contributed by atoms with Crippen LogP contribution in [0.15, 0.2) is 16.6 Å². The van der Waals surface area contributed by atoms with Crippen molar-refractivity contribution < 1.29 is 4.74 Å². The number of halogens is 2. The van der Waals surface area contributed by atoms with Crippen LogP contribution in [0.1, 0.15) is 42.2 Å². The van der Waals surface area contributed by atoms with Gasteiger partial charge in [0.1, 0.15) is 5.75 Å². The normalized spacial score (nSPS) is 24.8. The number of hydrogen-bond acceptors (Lipinski definition) is 1. The van der Waals surface area contributed by atoms with E-state index in [1.807, 2.05) is 12.1 Å². The van der Waals surface area contributed by atoms with E-state index in [9.17, 15) is 0 Å². The molecule has 0 fully saturated rings. The quantitative estimate of drug-likeness (QED) is 0.685. The predicted octanol–water partition coefficient (Wildman–Crippen LogP) is 4.63. The van der Waals surface area contributed by atoms with Gasteiger partial charge in [-0.2, -0.15) is 0 Å². The molecule has 0 heterocycles. The fourth-order valence-corrected chi connectivity index (χ4v) is 3.39. The van der Waals surface area contributed by atoms with Gasteiger partial charge in [-0.1, -0.05) is 22.9 Å². The lowest BCUT2D eigenvalue weighted by atomic mass is 9.83. The summed E-state index contributed by atoms with van der Waals surface area (Å²) in [5.74, 6) is 1.49. The molecule has 1 aromatic rings. The zero-order chi connectivity index (χ0) is 11.0. The highest BCUT2D eigenvalue weighted by atomic mass is 79.9. The SMILES string of the molecule is COc1ccc(Br)c2c1C(C)CCC2Cl. The Morgan fingerprint density at radius 3 is 2.73 bits per heavy atom. The Bertz CT molecular complexity index is 378. The predicted molar refractivity (Wildman–Crippen MR) is 66.9 cm³/mol. The van der Waals surface area contributed by atoms with Gasteiger partial charge in [-0.25, -0.2) is 0 Å². The Kier molecular flexibility index (Phi) is 3.27. The maximum Gasteiger partial charge on any atom is 0.122 e. The third-order valence-electron chi connectivity index (χ3n) is 3.07. The van der Waals surface area contributed by atoms with Crippen LogP contribution in [0.5, 0.6) is 5.75 Å². The molecule has 0 aliphatic heterocycles. The summed E-state index contributed by atoms with van der Waals surface area (Å²) in [4.78, 5) is 0. The summed E-state index contributed by atoms with van der Waals surface area (Å²) in [7, 11) is 1.72. The highest BCUT2D eigenvalue weighted by Gasteiger charge is 2.28. The zero-order valence-electron chi connectivity index (χ0n) is 8.89. The molecule has 2 rings (SSSR count). The minimum atomic E-state index is 0.112. The molecule has 2 atom stereocenters. The van der Waals surface area contributed by atoms with Gasteiger partial charge in [0.2, 0.25) is 0 Å². The molecule has 1 aromatic carbocycles. The minimum Gasteiger partial charge on any atom is -0.496 e. The topological polar surface area (TPSA) is 9.23 Å². The minimum absolute atomic E-state index is 0.112. The maximum atomic E-state index is 6.36. The van der Waals surface area contributed by atoms with E-state index in [4.69, 9.17) is 16.3 Å². The van der Waals surface area contributed by atoms with Crippen LogP contribution in [0.3, 0.4) is 0 Å². The standard InChI is InChI=1S/C12H14BrClO/c1-7-3-5-9(14)12-8(13)4-6-10(15-2)11(7)12/h4,6-7,9H,3,5H2,1-2H3. The van der Waals surface area contributed by atoms with E-state index < -0.39 is 0 Å². The summed E-state index contributed by atoms with van der Waals surface area (Å²) in [6.07, 6.45) is 2.18. The number of hydrogen-bond donors (Lipinski definition) is 0. The van der Waals surface area contributed by atoms with Crippen molar-refractivity contribution in [1.82, 2.24) is 0 Å². The lowest BCUT2D eigenvalue weighted by Gasteiger charge is -2.28. The molecule has 82 valence electrons. The highest BCUT2D eigenvalue weighted by molar-refractivity contribution is 9.10. The summed E-state index contributed by atoms with van der Waals surface area (Å²) in [5.41, 5.74) is 2.49. The summed E-state index contributed by atoms with van der Waals surface area (Å²) in [5, 5.41) is 0.112. The van der Waals surface area contributed by atoms with Crippen molar-refractivity contribution in [3.8, 4) is 5.75 Å². The zero-order valence-corrected chi connectivity index (χ0v) is 11.2. The van der Waals surface area contributed by atoms with E-state index in [0.717, 1.165) is 23.1 Å². The molecule has 0 aromatic heterocycles. The fourth-order valence-electron chi connectivity index (χ4n) is 2.28. The average Bonchev–Trinajstić information content (AvgIpc) is 2.23. The molecule has 0 spiro atoms. The average molecular weight is 290 g/mol. The number of alkyl halides is 1. The number of methoxy groups -OCH3 is 1. The van der Waals surface area contributed by atoms with Crippen LogP contribution in [0, 0.1) is 0 Å². The summed E-state index contributed by atoms with van der Waals surface area (Å²) in [6.45, 7) is 2.23. The first kappa shape index (κ1) is 11.3. The fraction of sp³-hybridized carbons (Fsp3) is 0.500. The smallest absolute Gasteiger partial charge is 0.122 e. The van der Waals surface area contributed by atoms with Gasteiger partial charge < -0.3 is 4.74 Å². The van der Waals surface area contributed by atoms with Gasteiger partial charge in [-0.15, -0.1) is 11.6 Å². The van der Waals surface area contributed by atoms with Crippen molar-refractivity contribution >= 4 is 27.5 Å². The third-order valence-corrected chi connectivity index (χ3v) is 4.20. The number of rotatable bonds is 1. The molecule has 1 nitrogen and oxygen atoms in total. The second-order valence-corrected chi connectivity index (χ2v) is 5.40. The molecule has 2 unspecified atom stereocenters. The molecule has 15 heavy (non-hydrogen) atoms. The molecule has 1 aliphatic carbocycles. The number of benzene rings is 1. The molecule has 0 amide bonds. The summed E-state index contributed by atoms with van der Waals surface area (Å²) in [6, 6.07) is 4.03. The van der Waals surface area contributed by atoms with Crippen molar-refractivity contribution in [3.05, 3.63) is 27.7 Å². The third kappa shape index (κ3) is 1.90. The highest BCUT2D eigenvalue weighted by Crippen LogP contribution is 2.47. The molecular weight excluding hydrogens is 275 g/mol. The monoisotopic (exact) mass is 288 g/mol. The van der Waals surface area contributed by atoms with E-state index in [1.165, 1.54) is 11.1 Å². The van der Waals surface area contributed by atoms with E-state index >= 15 is 0 Å². The molecule has 0 bridgehead atoms. The lowest BCUT2D eigenvalue weighted by Crippen LogP contribution is -2.11. The molecule has 0 radical (unpaired) electrons. The first-order valence-corrected chi connectivity index (χ1v) is 6.38. The van der Waals surface area contributed by atoms with E-state index in [1.54, 1.807) is 7.11 Å². The van der Waals surface area contributed by atoms with E-state index in [-0.39, 0.29) is 5.38 Å². The Morgan fingerprint density at radius 2 is 2.07 bits per heavy atom. The van der Waals surface area contributed by atoms with Crippen molar-refractivity contribution in [3.63, 3.8) is 0 Å². The molecule has 3 heteroatoms. The number of fused-ring (bicyclic) bond motifs is 1. The summed E-state index contributed by atoms with van der Waals surface area (Å²) >= 11 is 9.93. The molecular formula is C12H14BrClO. The molecule has 1 aliphatic rings. The van der Waals surface area contributed by atoms with Gasteiger partial charge in [-0.05, 0) is 36.5 Å². The van der Waals surface area contributed by atoms with E-state index in [2.05, 4.69) is 22.9 Å². The Balaban J connectivity index is 2.63. The van der Waals surface area contributed by atoms with Gasteiger partial charge in [0.25, 0.3) is 0 Å². The molecule has 0 saturated carbocycles. The van der Waals surface area contributed by atoms with E-state index in [0.29, 0.717) is 5.92 Å². The Morgan fingerprint density at radius 1 is 1.33 bits per heavy atom. The van der Waals surface area contributed by atoms with Crippen LogP contribution in [-0.4, -0.2) is 7.11 Å².